The molecule has 4 N–H and O–H groups in total. The van der Waals surface area contributed by atoms with Crippen LogP contribution in [0.5, 0.6) is 0 Å². The van der Waals surface area contributed by atoms with Crippen molar-refractivity contribution in [3.05, 3.63) is 0 Å². The summed E-state index contributed by atoms with van der Waals surface area (Å²) in [6.07, 6.45) is 0. The van der Waals surface area contributed by atoms with Crippen LogP contribution in [0.15, 0.2) is 0 Å². The predicted octanol–water partition coefficient (Wildman–Crippen LogP) is -1.52. The van der Waals surface area contributed by atoms with E-state index < -0.39 is 11.5 Å². The van der Waals surface area contributed by atoms with Crippen molar-refractivity contribution >= 4 is 11.5 Å². The van der Waals surface area contributed by atoms with Crippen LogP contribution in [0, 0.1) is 0 Å². The molecule has 0 spiro atoms. The van der Waals surface area contributed by atoms with E-state index in [0.717, 1.165) is 0 Å². The summed E-state index contributed by atoms with van der Waals surface area (Å²) >= 11 is -1.61. The Morgan fingerprint density at radius 3 is 1.50 bits per heavy atom. The molecule has 0 aromatic heterocycles. The van der Waals surface area contributed by atoms with E-state index in [1.165, 1.54) is 0 Å². The third-order valence-corrected chi connectivity index (χ3v) is 0. The Hall–Kier alpha value is 0.230. The van der Waals surface area contributed by atoms with E-state index in [1.54, 1.807) is 0 Å². The summed E-state index contributed by atoms with van der Waals surface area (Å²) < 4.78 is 9.11. The summed E-state index contributed by atoms with van der Waals surface area (Å²) in [6.45, 7) is 0. The summed E-state index contributed by atoms with van der Waals surface area (Å²) in [5.41, 5.74) is 0. The molecule has 0 rings (SSSR count). The van der Waals surface area contributed by atoms with Gasteiger partial charge in [0.1, 0.15) is 11.5 Å². The zero-order valence-corrected chi connectivity index (χ0v) is 2.79. The summed E-state index contributed by atoms with van der Waals surface area (Å²) in [5.74, 6) is 0. The van der Waals surface area contributed by atoms with Crippen molar-refractivity contribution in [1.82, 2.24) is 0 Å². The van der Waals surface area contributed by atoms with Gasteiger partial charge in [-0.05, 0) is 0 Å². The van der Waals surface area contributed by atoms with E-state index in [2.05, 4.69) is 10.3 Å². The molecule has 0 aromatic rings. The third kappa shape index (κ3) is 63.8. The van der Waals surface area contributed by atoms with Gasteiger partial charge in [-0.25, -0.2) is 0 Å². The number of nitrogens with two attached hydrogens (primary N) is 2. The average molecular weight is 80.1 g/mol. The lowest BCUT2D eigenvalue weighted by atomic mass is 13.9. The lowest BCUT2D eigenvalue weighted by Gasteiger charge is -1.84. The lowest BCUT2D eigenvalue weighted by molar-refractivity contribution is 0.598. The molecule has 0 amide bonds. The number of hydrogen-bond donors (Lipinski definition) is 2. The first kappa shape index (κ1) is 4.23. The summed E-state index contributed by atoms with van der Waals surface area (Å²) in [5, 5.41) is 8.72. The highest BCUT2D eigenvalue weighted by atomic mass is 32.2. The van der Waals surface area contributed by atoms with Gasteiger partial charge in [-0.2, -0.15) is 0 Å². The fourth-order valence-electron chi connectivity index (χ4n) is 0. The molecule has 26 valence electrons. The molecule has 0 aromatic carbocycles. The summed E-state index contributed by atoms with van der Waals surface area (Å²) in [6, 6.07) is 0. The molecule has 0 bridgehead atoms. The Morgan fingerprint density at radius 1 is 1.50 bits per heavy atom. The molecule has 0 saturated carbocycles. The summed E-state index contributed by atoms with van der Waals surface area (Å²) in [4.78, 5) is 0. The average Bonchev–Trinajstić information content (AvgIpc) is 0.811. The highest BCUT2D eigenvalue weighted by Gasteiger charge is 1.68. The smallest absolute Gasteiger partial charge is 0.129 e. The van der Waals surface area contributed by atoms with Gasteiger partial charge < -0.3 is 4.55 Å². The van der Waals surface area contributed by atoms with Crippen LogP contribution >= 0.6 is 0 Å². The Labute approximate surface area is 27.4 Å². The van der Waals surface area contributed by atoms with E-state index in [1.807, 2.05) is 0 Å². The lowest BCUT2D eigenvalue weighted by Crippen LogP contribution is -2.21. The first-order chi connectivity index (χ1) is 1.73. The van der Waals surface area contributed by atoms with Gasteiger partial charge in [-0.3, -0.25) is 0 Å². The van der Waals surface area contributed by atoms with Crippen molar-refractivity contribution in [3.63, 3.8) is 0 Å². The summed E-state index contributed by atoms with van der Waals surface area (Å²) in [7, 11) is 0. The van der Waals surface area contributed by atoms with Gasteiger partial charge in [-0.1, -0.05) is 0 Å². The van der Waals surface area contributed by atoms with Gasteiger partial charge in [-0.15, -0.1) is 10.3 Å². The van der Waals surface area contributed by atoms with Crippen LogP contribution in [0.3, 0.4) is 0 Å². The fourth-order valence-corrected chi connectivity index (χ4v) is 0. The highest BCUT2D eigenvalue weighted by molar-refractivity contribution is 7.86. The molecule has 4 heteroatoms. The van der Waals surface area contributed by atoms with E-state index >= 15 is 0 Å². The zero-order chi connectivity index (χ0) is 3.58. The molecule has 0 atom stereocenters. The van der Waals surface area contributed by atoms with Crippen LogP contribution in [0.1, 0.15) is 0 Å². The van der Waals surface area contributed by atoms with Crippen LogP contribution < -0.4 is 10.3 Å². The Morgan fingerprint density at radius 2 is 1.50 bits per heavy atom. The molecule has 4 heavy (non-hydrogen) atoms. The van der Waals surface area contributed by atoms with Gasteiger partial charge in [0.05, 0.1) is 0 Å². The van der Waals surface area contributed by atoms with Crippen molar-refractivity contribution in [2.45, 2.75) is 0 Å². The van der Waals surface area contributed by atoms with Gasteiger partial charge in [0.2, 0.25) is 0 Å². The van der Waals surface area contributed by atoms with E-state index in [0.29, 0.717) is 0 Å². The van der Waals surface area contributed by atoms with Crippen LogP contribution in [-0.2, 0) is 11.5 Å². The first-order valence-corrected chi connectivity index (χ1v) is 1.91. The minimum Gasteiger partial charge on any atom is -0.579 e. The predicted molar refractivity (Wildman–Crippen MR) is 16.5 cm³/mol. The maximum Gasteiger partial charge on any atom is 0.129 e. The Bertz CT molecular complexity index is 10.8. The molecule has 0 unspecified atom stereocenters. The topological polar surface area (TPSA) is 75.1 Å². The highest BCUT2D eigenvalue weighted by Crippen LogP contribution is 1.40. The van der Waals surface area contributed by atoms with Crippen molar-refractivity contribution in [2.24, 2.45) is 10.3 Å². The second-order valence-corrected chi connectivity index (χ2v) is 0.986. The SMILES string of the molecule is N[S+](N)[O-]. The van der Waals surface area contributed by atoms with Gasteiger partial charge in [0, 0.05) is 0 Å². The quantitative estimate of drug-likeness (QED) is 0.347. The molecular weight excluding hydrogens is 76.1 g/mol. The minimum atomic E-state index is -1.61. The van der Waals surface area contributed by atoms with Crippen LogP contribution in [0.25, 0.3) is 0 Å². The second-order valence-electron chi connectivity index (χ2n) is 0.329. The monoisotopic (exact) mass is 80.0 g/mol. The van der Waals surface area contributed by atoms with E-state index in [4.69, 9.17) is 4.55 Å². The van der Waals surface area contributed by atoms with Gasteiger partial charge >= 0.3 is 0 Å². The van der Waals surface area contributed by atoms with Gasteiger partial charge in [0.25, 0.3) is 0 Å². The normalized spacial score (nSPS) is 9.00. The molecule has 0 radical (unpaired) electrons. The Balaban J connectivity index is 2.32. The van der Waals surface area contributed by atoms with E-state index in [-0.39, 0.29) is 0 Å². The van der Waals surface area contributed by atoms with Gasteiger partial charge in [0.15, 0.2) is 0 Å². The first-order valence-electron chi connectivity index (χ1n) is 0.638. The largest absolute Gasteiger partial charge is 0.579 e. The Kier molecular flexibility index (Phi) is 1.63. The van der Waals surface area contributed by atoms with Crippen molar-refractivity contribution in [2.75, 3.05) is 0 Å². The third-order valence-electron chi connectivity index (χ3n) is 0. The maximum absolute atomic E-state index is 9.11. The molecular formula is H4N2OS. The zero-order valence-electron chi connectivity index (χ0n) is 1.97. The van der Waals surface area contributed by atoms with Crippen LogP contribution in [-0.4, -0.2) is 4.55 Å². The number of rotatable bonds is 0. The van der Waals surface area contributed by atoms with Crippen LogP contribution in [0.2, 0.25) is 0 Å². The second kappa shape index (κ2) is 1.54. The standard InChI is InChI=1S/H4N2OS/c1-4(2)3/h1-2H2. The molecule has 3 nitrogen and oxygen atoms in total. The molecule has 0 aliphatic rings. The molecule has 0 fully saturated rings. The molecule has 0 aliphatic heterocycles. The van der Waals surface area contributed by atoms with Crippen LogP contribution in [0.4, 0.5) is 0 Å². The van der Waals surface area contributed by atoms with Crippen molar-refractivity contribution < 1.29 is 4.55 Å². The fraction of sp³-hybridized carbons (Fsp3) is 0. The minimum absolute atomic E-state index is 1.61. The van der Waals surface area contributed by atoms with Crippen molar-refractivity contribution in [1.29, 1.82) is 0 Å². The maximum atomic E-state index is 9.11. The van der Waals surface area contributed by atoms with E-state index in [9.17, 15) is 0 Å². The molecule has 0 saturated heterocycles. The van der Waals surface area contributed by atoms with Crippen molar-refractivity contribution in [3.8, 4) is 0 Å². The molecule has 0 heterocycles. The molecule has 0 aliphatic carbocycles. The number of hydrogen-bond acceptors (Lipinski definition) is 3.